The Morgan fingerprint density at radius 1 is 1.40 bits per heavy atom. The summed E-state index contributed by atoms with van der Waals surface area (Å²) in [6.45, 7) is 14.3. The SMILES string of the molecule is C=NC1=C(c2cnc3ccccc3c2)CNN1/C(N)=C(\C)Br.CCN(CCC(C)COC)C(C)=O. The number of nitrogens with one attached hydrogen (secondary N) is 1. The van der Waals surface area contributed by atoms with Gasteiger partial charge in [-0.1, -0.05) is 41.1 Å². The fourth-order valence-corrected chi connectivity index (χ4v) is 3.89. The number of amides is 1. The molecule has 9 heteroatoms. The van der Waals surface area contributed by atoms with E-state index in [2.05, 4.69) is 51.0 Å². The zero-order chi connectivity index (χ0) is 26.0. The molecule has 0 saturated heterocycles. The zero-order valence-electron chi connectivity index (χ0n) is 21.3. The fraction of sp³-hybridized carbons (Fsp3) is 0.423. The highest BCUT2D eigenvalue weighted by molar-refractivity contribution is 9.11. The first-order valence-corrected chi connectivity index (χ1v) is 12.5. The molecule has 2 aromatic rings. The number of methoxy groups -OCH3 is 1. The minimum atomic E-state index is 0.159. The second kappa shape index (κ2) is 14.0. The molecule has 1 amide bonds. The van der Waals surface area contributed by atoms with Gasteiger partial charge in [-0.3, -0.25) is 9.78 Å². The smallest absolute Gasteiger partial charge is 0.219 e. The number of halogens is 1. The Kier molecular flexibility index (Phi) is 11.4. The lowest BCUT2D eigenvalue weighted by Gasteiger charge is -2.20. The number of hydrazine groups is 1. The molecule has 190 valence electrons. The predicted octanol–water partition coefficient (Wildman–Crippen LogP) is 4.49. The highest BCUT2D eigenvalue weighted by atomic mass is 79.9. The van der Waals surface area contributed by atoms with Crippen molar-refractivity contribution in [3.63, 3.8) is 0 Å². The summed E-state index contributed by atoms with van der Waals surface area (Å²) in [5.74, 6) is 1.95. The van der Waals surface area contributed by atoms with Crippen LogP contribution in [0.4, 0.5) is 0 Å². The van der Waals surface area contributed by atoms with Crippen molar-refractivity contribution < 1.29 is 9.53 Å². The van der Waals surface area contributed by atoms with E-state index < -0.39 is 0 Å². The van der Waals surface area contributed by atoms with Gasteiger partial charge in [-0.05, 0) is 45.0 Å². The molecule has 35 heavy (non-hydrogen) atoms. The number of pyridine rings is 1. The van der Waals surface area contributed by atoms with Gasteiger partial charge in [0.15, 0.2) is 5.82 Å². The number of aromatic nitrogens is 1. The van der Waals surface area contributed by atoms with Crippen LogP contribution in [0.1, 0.15) is 39.7 Å². The van der Waals surface area contributed by atoms with Gasteiger partial charge in [0.1, 0.15) is 5.82 Å². The molecule has 1 unspecified atom stereocenters. The van der Waals surface area contributed by atoms with Crippen LogP contribution in [-0.4, -0.2) is 60.9 Å². The summed E-state index contributed by atoms with van der Waals surface area (Å²) >= 11 is 3.39. The van der Waals surface area contributed by atoms with Gasteiger partial charge in [0.25, 0.3) is 0 Å². The molecule has 0 fully saturated rings. The Bertz CT molecular complexity index is 1080. The molecule has 3 rings (SSSR count). The Morgan fingerprint density at radius 2 is 2.11 bits per heavy atom. The molecular formula is C26H37BrN6O2. The highest BCUT2D eigenvalue weighted by Crippen LogP contribution is 2.29. The van der Waals surface area contributed by atoms with Gasteiger partial charge in [0, 0.05) is 67.5 Å². The standard InChI is InChI=1S/C16H16BrN5.C10H21NO2/c1-10(17)15(18)22-16(19-2)13(9-21-22)12-7-11-5-3-4-6-14(11)20-8-12;1-5-11(10(3)12)7-6-9(2)8-13-4/h3-8,21H,2,9,18H2,1H3;9H,5-8H2,1-4H3/b15-10+;. The first kappa shape index (κ1) is 28.5. The van der Waals surface area contributed by atoms with Crippen molar-refractivity contribution in [3.8, 4) is 0 Å². The van der Waals surface area contributed by atoms with Crippen LogP contribution in [0, 0.1) is 5.92 Å². The van der Waals surface area contributed by atoms with Crippen LogP contribution in [0.25, 0.3) is 16.5 Å². The van der Waals surface area contributed by atoms with Crippen LogP contribution in [0.3, 0.4) is 0 Å². The monoisotopic (exact) mass is 544 g/mol. The summed E-state index contributed by atoms with van der Waals surface area (Å²) in [7, 11) is 1.71. The van der Waals surface area contributed by atoms with Crippen molar-refractivity contribution in [1.29, 1.82) is 0 Å². The number of allylic oxidation sites excluding steroid dienone is 1. The van der Waals surface area contributed by atoms with Crippen LogP contribution in [0.15, 0.2) is 57.6 Å². The van der Waals surface area contributed by atoms with Crippen molar-refractivity contribution in [2.75, 3.05) is 33.4 Å². The van der Waals surface area contributed by atoms with Crippen LogP contribution in [-0.2, 0) is 9.53 Å². The number of hydrogen-bond donors (Lipinski definition) is 2. The Morgan fingerprint density at radius 3 is 2.71 bits per heavy atom. The number of nitrogens with zero attached hydrogens (tertiary/aromatic N) is 4. The van der Waals surface area contributed by atoms with E-state index >= 15 is 0 Å². The van der Waals surface area contributed by atoms with Crippen molar-refractivity contribution in [2.24, 2.45) is 16.6 Å². The summed E-state index contributed by atoms with van der Waals surface area (Å²) < 4.78 is 5.86. The number of benzene rings is 1. The van der Waals surface area contributed by atoms with Gasteiger partial charge < -0.3 is 15.4 Å². The van der Waals surface area contributed by atoms with E-state index in [-0.39, 0.29) is 5.91 Å². The minimum absolute atomic E-state index is 0.159. The molecule has 1 aliphatic heterocycles. The van der Waals surface area contributed by atoms with Gasteiger partial charge in [-0.25, -0.2) is 15.4 Å². The molecular weight excluding hydrogens is 508 g/mol. The lowest BCUT2D eigenvalue weighted by Crippen LogP contribution is -2.34. The predicted molar refractivity (Wildman–Crippen MR) is 147 cm³/mol. The van der Waals surface area contributed by atoms with Gasteiger partial charge in [-0.15, -0.1) is 0 Å². The fourth-order valence-electron chi connectivity index (χ4n) is 3.72. The summed E-state index contributed by atoms with van der Waals surface area (Å²) in [5, 5.41) is 2.83. The third-order valence-corrected chi connectivity index (χ3v) is 6.15. The molecule has 1 atom stereocenters. The summed E-state index contributed by atoms with van der Waals surface area (Å²) in [4.78, 5) is 21.5. The maximum atomic E-state index is 11.0. The maximum absolute atomic E-state index is 11.0. The van der Waals surface area contributed by atoms with Gasteiger partial charge >= 0.3 is 0 Å². The van der Waals surface area contributed by atoms with Crippen molar-refractivity contribution in [2.45, 2.75) is 34.1 Å². The molecule has 0 radical (unpaired) electrons. The van der Waals surface area contributed by atoms with Gasteiger partial charge in [-0.2, -0.15) is 0 Å². The van der Waals surface area contributed by atoms with Gasteiger partial charge in [0.2, 0.25) is 5.91 Å². The lowest BCUT2D eigenvalue weighted by molar-refractivity contribution is -0.128. The number of fused-ring (bicyclic) bond motifs is 1. The third-order valence-electron chi connectivity index (χ3n) is 5.75. The summed E-state index contributed by atoms with van der Waals surface area (Å²) in [5.41, 5.74) is 12.3. The molecule has 3 N–H and O–H groups in total. The van der Waals surface area contributed by atoms with E-state index in [0.717, 1.165) is 52.6 Å². The number of hydrogen-bond acceptors (Lipinski definition) is 7. The molecule has 8 nitrogen and oxygen atoms in total. The number of para-hydroxylation sites is 1. The van der Waals surface area contributed by atoms with Crippen LogP contribution in [0.2, 0.25) is 0 Å². The van der Waals surface area contributed by atoms with E-state index in [1.807, 2.05) is 49.2 Å². The number of aliphatic imine (C=N–C) groups is 1. The van der Waals surface area contributed by atoms with E-state index in [0.29, 0.717) is 24.1 Å². The first-order chi connectivity index (χ1) is 16.7. The molecule has 1 aliphatic rings. The average Bonchev–Trinajstić information content (AvgIpc) is 3.28. The Labute approximate surface area is 217 Å². The van der Waals surface area contributed by atoms with E-state index in [9.17, 15) is 4.79 Å². The number of carbonyl (C=O) groups excluding carboxylic acids is 1. The Balaban J connectivity index is 0.000000287. The van der Waals surface area contributed by atoms with Crippen molar-refractivity contribution in [1.82, 2.24) is 20.3 Å². The van der Waals surface area contributed by atoms with E-state index in [4.69, 9.17) is 10.5 Å². The van der Waals surface area contributed by atoms with E-state index in [1.54, 1.807) is 19.0 Å². The van der Waals surface area contributed by atoms with Crippen LogP contribution >= 0.6 is 15.9 Å². The second-order valence-corrected chi connectivity index (χ2v) is 9.60. The number of ether oxygens (including phenoxy) is 1. The van der Waals surface area contributed by atoms with Crippen molar-refractivity contribution >= 4 is 45.0 Å². The van der Waals surface area contributed by atoms with Crippen LogP contribution < -0.4 is 11.2 Å². The Hall–Kier alpha value is -2.75. The minimum Gasteiger partial charge on any atom is -0.384 e. The molecule has 2 heterocycles. The van der Waals surface area contributed by atoms with Crippen molar-refractivity contribution in [3.05, 3.63) is 58.2 Å². The topological polar surface area (TPSA) is 96.1 Å². The number of rotatable bonds is 9. The van der Waals surface area contributed by atoms with Gasteiger partial charge in [0.05, 0.1) is 5.52 Å². The average molecular weight is 546 g/mol. The lowest BCUT2D eigenvalue weighted by atomic mass is 10.1. The second-order valence-electron chi connectivity index (χ2n) is 8.41. The number of carbonyl (C=O) groups is 1. The summed E-state index contributed by atoms with van der Waals surface area (Å²) in [6, 6.07) is 10.1. The molecule has 1 aromatic carbocycles. The molecule has 0 saturated carbocycles. The number of nitrogens with two attached hydrogens (primary N) is 1. The summed E-state index contributed by atoms with van der Waals surface area (Å²) in [6.07, 6.45) is 2.87. The molecule has 0 aliphatic carbocycles. The normalized spacial score (nSPS) is 14.9. The highest BCUT2D eigenvalue weighted by Gasteiger charge is 2.25. The maximum Gasteiger partial charge on any atom is 0.219 e. The largest absolute Gasteiger partial charge is 0.384 e. The molecule has 0 bridgehead atoms. The molecule has 1 aromatic heterocycles. The third kappa shape index (κ3) is 7.88. The quantitative estimate of drug-likeness (QED) is 0.451. The zero-order valence-corrected chi connectivity index (χ0v) is 22.9. The molecule has 0 spiro atoms. The van der Waals surface area contributed by atoms with Crippen LogP contribution in [0.5, 0.6) is 0 Å². The first-order valence-electron chi connectivity index (χ1n) is 11.7. The van der Waals surface area contributed by atoms with E-state index in [1.165, 1.54) is 0 Å².